The molecule has 1 heterocycles. The zero-order chi connectivity index (χ0) is 10.8. The molecule has 15 heavy (non-hydrogen) atoms. The first-order valence-corrected chi connectivity index (χ1v) is 5.72. The monoisotopic (exact) mass is 271 g/mol. The molecule has 1 aliphatic rings. The fourth-order valence-electron chi connectivity index (χ4n) is 1.79. The van der Waals surface area contributed by atoms with E-state index in [0.29, 0.717) is 0 Å². The lowest BCUT2D eigenvalue weighted by Crippen LogP contribution is -2.23. The summed E-state index contributed by atoms with van der Waals surface area (Å²) in [6, 6.07) is 5.92. The van der Waals surface area contributed by atoms with Gasteiger partial charge in [-0.15, -0.1) is 0 Å². The molecule has 0 aliphatic carbocycles. The Morgan fingerprint density at radius 1 is 1.53 bits per heavy atom. The summed E-state index contributed by atoms with van der Waals surface area (Å²) in [5.74, 6) is 0.830. The second kappa shape index (κ2) is 4.51. The van der Waals surface area contributed by atoms with Gasteiger partial charge < -0.3 is 15.2 Å². The van der Waals surface area contributed by atoms with Crippen molar-refractivity contribution in [1.29, 1.82) is 0 Å². The highest BCUT2D eigenvalue weighted by molar-refractivity contribution is 9.10. The minimum absolute atomic E-state index is 0.0190. The van der Waals surface area contributed by atoms with Crippen molar-refractivity contribution in [1.82, 2.24) is 0 Å². The highest BCUT2D eigenvalue weighted by atomic mass is 79.9. The molecule has 1 aromatic rings. The van der Waals surface area contributed by atoms with Crippen LogP contribution in [0.3, 0.4) is 0 Å². The van der Waals surface area contributed by atoms with E-state index < -0.39 is 0 Å². The minimum Gasteiger partial charge on any atom is -0.497 e. The van der Waals surface area contributed by atoms with Crippen LogP contribution in [0.4, 0.5) is 0 Å². The van der Waals surface area contributed by atoms with E-state index >= 15 is 0 Å². The Morgan fingerprint density at radius 3 is 2.93 bits per heavy atom. The van der Waals surface area contributed by atoms with Crippen LogP contribution in [-0.4, -0.2) is 19.8 Å². The van der Waals surface area contributed by atoms with Crippen LogP contribution in [0, 0.1) is 0 Å². The summed E-state index contributed by atoms with van der Waals surface area (Å²) in [5.41, 5.74) is 7.05. The van der Waals surface area contributed by atoms with E-state index in [1.54, 1.807) is 7.11 Å². The van der Waals surface area contributed by atoms with Crippen molar-refractivity contribution in [2.45, 2.75) is 18.6 Å². The summed E-state index contributed by atoms with van der Waals surface area (Å²) in [6.07, 6.45) is 0.892. The van der Waals surface area contributed by atoms with Crippen molar-refractivity contribution >= 4 is 15.9 Å². The van der Waals surface area contributed by atoms with E-state index in [9.17, 15) is 0 Å². The molecule has 1 aromatic carbocycles. The Morgan fingerprint density at radius 2 is 2.33 bits per heavy atom. The largest absolute Gasteiger partial charge is 0.497 e. The van der Waals surface area contributed by atoms with E-state index in [4.69, 9.17) is 15.2 Å². The number of methoxy groups -OCH3 is 1. The molecule has 1 fully saturated rings. The normalized spacial score (nSPS) is 25.5. The number of halogens is 1. The molecule has 4 heteroatoms. The van der Waals surface area contributed by atoms with E-state index in [1.165, 1.54) is 0 Å². The second-order valence-electron chi connectivity index (χ2n) is 3.63. The summed E-state index contributed by atoms with van der Waals surface area (Å²) >= 11 is 3.51. The molecule has 0 aromatic heterocycles. The van der Waals surface area contributed by atoms with Gasteiger partial charge in [-0.05, 0) is 24.6 Å². The minimum atomic E-state index is -0.0190. The lowest BCUT2D eigenvalue weighted by Gasteiger charge is -2.17. The molecule has 2 atom stereocenters. The number of nitrogens with two attached hydrogens (primary N) is 1. The summed E-state index contributed by atoms with van der Waals surface area (Å²) in [6.45, 7) is 0.732. The van der Waals surface area contributed by atoms with Crippen LogP contribution in [-0.2, 0) is 4.74 Å². The van der Waals surface area contributed by atoms with Crippen molar-refractivity contribution in [3.8, 4) is 5.75 Å². The molecule has 0 bridgehead atoms. The predicted octanol–water partition coefficient (Wildman–Crippen LogP) is 2.25. The maximum Gasteiger partial charge on any atom is 0.119 e. The van der Waals surface area contributed by atoms with E-state index in [0.717, 1.165) is 28.8 Å². The van der Waals surface area contributed by atoms with E-state index in [-0.39, 0.29) is 12.1 Å². The van der Waals surface area contributed by atoms with Gasteiger partial charge in [0.05, 0.1) is 13.2 Å². The molecule has 0 saturated carbocycles. The van der Waals surface area contributed by atoms with Crippen molar-refractivity contribution in [2.75, 3.05) is 13.7 Å². The van der Waals surface area contributed by atoms with Crippen LogP contribution in [0.25, 0.3) is 0 Å². The average molecular weight is 272 g/mol. The van der Waals surface area contributed by atoms with Gasteiger partial charge in [0.25, 0.3) is 0 Å². The van der Waals surface area contributed by atoms with Gasteiger partial charge in [0.15, 0.2) is 0 Å². The Balaban J connectivity index is 2.33. The first-order valence-electron chi connectivity index (χ1n) is 4.93. The lowest BCUT2D eigenvalue weighted by atomic mass is 10.0. The molecular weight excluding hydrogens is 258 g/mol. The quantitative estimate of drug-likeness (QED) is 0.898. The highest BCUT2D eigenvalue weighted by Gasteiger charge is 2.28. The molecular formula is C11H14BrNO2. The first kappa shape index (κ1) is 10.9. The summed E-state index contributed by atoms with van der Waals surface area (Å²) in [4.78, 5) is 0. The second-order valence-corrected chi connectivity index (χ2v) is 4.49. The van der Waals surface area contributed by atoms with Crippen LogP contribution >= 0.6 is 15.9 Å². The highest BCUT2D eigenvalue weighted by Crippen LogP contribution is 2.34. The number of ether oxygens (including phenoxy) is 2. The fraction of sp³-hybridized carbons (Fsp3) is 0.455. The third kappa shape index (κ3) is 2.17. The fourth-order valence-corrected chi connectivity index (χ4v) is 2.27. The molecule has 1 saturated heterocycles. The molecule has 2 unspecified atom stereocenters. The number of hydrogen-bond donors (Lipinski definition) is 1. The van der Waals surface area contributed by atoms with Crippen molar-refractivity contribution in [3.63, 3.8) is 0 Å². The van der Waals surface area contributed by atoms with Gasteiger partial charge in [0.1, 0.15) is 5.75 Å². The molecule has 0 amide bonds. The molecule has 1 aliphatic heterocycles. The summed E-state index contributed by atoms with van der Waals surface area (Å²) in [5, 5.41) is 0. The third-order valence-corrected chi connectivity index (χ3v) is 3.37. The topological polar surface area (TPSA) is 44.5 Å². The molecule has 0 radical (unpaired) electrons. The van der Waals surface area contributed by atoms with Crippen LogP contribution in [0.1, 0.15) is 18.1 Å². The summed E-state index contributed by atoms with van der Waals surface area (Å²) in [7, 11) is 1.66. The van der Waals surface area contributed by atoms with Gasteiger partial charge in [-0.25, -0.2) is 0 Å². The van der Waals surface area contributed by atoms with E-state index in [1.807, 2.05) is 18.2 Å². The predicted molar refractivity (Wildman–Crippen MR) is 62.0 cm³/mol. The molecule has 3 nitrogen and oxygen atoms in total. The Kier molecular flexibility index (Phi) is 3.29. The average Bonchev–Trinajstić information content (AvgIpc) is 2.65. The van der Waals surface area contributed by atoms with Crippen LogP contribution in [0.15, 0.2) is 22.7 Å². The number of rotatable bonds is 2. The molecule has 0 spiro atoms. The van der Waals surface area contributed by atoms with Gasteiger partial charge in [-0.2, -0.15) is 0 Å². The standard InChI is InChI=1S/C11H14BrNO2/c1-14-7-2-3-9(12)8(6-7)11-10(13)4-5-15-11/h2-3,6,10-11H,4-5,13H2,1H3. The molecule has 2 rings (SSSR count). The molecule has 2 N–H and O–H groups in total. The van der Waals surface area contributed by atoms with Gasteiger partial charge in [0, 0.05) is 22.7 Å². The lowest BCUT2D eigenvalue weighted by molar-refractivity contribution is 0.104. The SMILES string of the molecule is COc1ccc(Br)c(C2OCCC2N)c1. The zero-order valence-electron chi connectivity index (χ0n) is 8.57. The van der Waals surface area contributed by atoms with Crippen molar-refractivity contribution < 1.29 is 9.47 Å². The Hall–Kier alpha value is -0.580. The third-order valence-electron chi connectivity index (χ3n) is 2.65. The smallest absolute Gasteiger partial charge is 0.119 e. The Bertz CT molecular complexity index is 356. The maximum atomic E-state index is 5.98. The van der Waals surface area contributed by atoms with Gasteiger partial charge in [-0.3, -0.25) is 0 Å². The maximum absolute atomic E-state index is 5.98. The Labute approximate surface area is 97.7 Å². The number of hydrogen-bond acceptors (Lipinski definition) is 3. The van der Waals surface area contributed by atoms with Crippen molar-refractivity contribution in [2.24, 2.45) is 5.73 Å². The first-order chi connectivity index (χ1) is 7.22. The van der Waals surface area contributed by atoms with E-state index in [2.05, 4.69) is 15.9 Å². The molecule has 82 valence electrons. The van der Waals surface area contributed by atoms with Crippen LogP contribution < -0.4 is 10.5 Å². The van der Waals surface area contributed by atoms with Gasteiger partial charge >= 0.3 is 0 Å². The van der Waals surface area contributed by atoms with Gasteiger partial charge in [-0.1, -0.05) is 15.9 Å². The van der Waals surface area contributed by atoms with Gasteiger partial charge in [0.2, 0.25) is 0 Å². The van der Waals surface area contributed by atoms with Crippen LogP contribution in [0.2, 0.25) is 0 Å². The van der Waals surface area contributed by atoms with Crippen molar-refractivity contribution in [3.05, 3.63) is 28.2 Å². The summed E-state index contributed by atoms with van der Waals surface area (Å²) < 4.78 is 11.8. The van der Waals surface area contributed by atoms with Crippen LogP contribution in [0.5, 0.6) is 5.75 Å². The number of benzene rings is 1. The zero-order valence-corrected chi connectivity index (χ0v) is 10.2.